The molecule has 1 amide bonds. The molecule has 0 radical (unpaired) electrons. The van der Waals surface area contributed by atoms with Crippen molar-refractivity contribution < 1.29 is 9.53 Å². The molecule has 0 aromatic carbocycles. The van der Waals surface area contributed by atoms with Crippen LogP contribution in [0.25, 0.3) is 0 Å². The van der Waals surface area contributed by atoms with E-state index >= 15 is 0 Å². The van der Waals surface area contributed by atoms with Crippen LogP contribution >= 0.6 is 0 Å². The number of amidine groups is 1. The Morgan fingerprint density at radius 1 is 1.36 bits per heavy atom. The maximum absolute atomic E-state index is 11.3. The predicted molar refractivity (Wildman–Crippen MR) is 89.2 cm³/mol. The van der Waals surface area contributed by atoms with Gasteiger partial charge in [-0.25, -0.2) is 0 Å². The summed E-state index contributed by atoms with van der Waals surface area (Å²) in [7, 11) is 0. The quantitative estimate of drug-likeness (QED) is 0.412. The Labute approximate surface area is 134 Å². The van der Waals surface area contributed by atoms with Crippen LogP contribution in [0.5, 0.6) is 0 Å². The van der Waals surface area contributed by atoms with Crippen molar-refractivity contribution in [3.8, 4) is 0 Å². The summed E-state index contributed by atoms with van der Waals surface area (Å²) >= 11 is 0. The summed E-state index contributed by atoms with van der Waals surface area (Å²) in [5.74, 6) is 0.974. The van der Waals surface area contributed by atoms with Gasteiger partial charge in [-0.15, -0.1) is 0 Å². The fourth-order valence-corrected chi connectivity index (χ4v) is 3.14. The van der Waals surface area contributed by atoms with Crippen molar-refractivity contribution in [3.05, 3.63) is 0 Å². The third-order valence-corrected chi connectivity index (χ3v) is 4.96. The molecule has 2 aliphatic rings. The number of hydrogen-bond acceptors (Lipinski definition) is 4. The van der Waals surface area contributed by atoms with E-state index in [9.17, 15) is 4.79 Å². The molecule has 0 aliphatic carbocycles. The van der Waals surface area contributed by atoms with E-state index in [0.717, 1.165) is 70.7 Å². The van der Waals surface area contributed by atoms with Crippen LogP contribution in [0, 0.1) is 0 Å². The van der Waals surface area contributed by atoms with Gasteiger partial charge >= 0.3 is 0 Å². The lowest BCUT2D eigenvalue weighted by Crippen LogP contribution is -2.54. The number of carbonyl (C=O) groups excluding carboxylic acids is 1. The van der Waals surface area contributed by atoms with Gasteiger partial charge in [-0.2, -0.15) is 0 Å². The highest BCUT2D eigenvalue weighted by Crippen LogP contribution is 2.29. The van der Waals surface area contributed by atoms with E-state index in [4.69, 9.17) is 9.73 Å². The molecule has 0 aromatic rings. The Balaban J connectivity index is 2.00. The molecule has 0 spiro atoms. The highest BCUT2D eigenvalue weighted by molar-refractivity contribution is 5.90. The normalized spacial score (nSPS) is 23.1. The Morgan fingerprint density at radius 2 is 2.05 bits per heavy atom. The van der Waals surface area contributed by atoms with E-state index in [1.54, 1.807) is 4.90 Å². The molecule has 0 unspecified atom stereocenters. The molecule has 2 saturated heterocycles. The topological polar surface area (TPSA) is 45.1 Å². The minimum atomic E-state index is -0.0272. The number of likely N-dealkylation sites (tertiary alicyclic amines) is 1. The van der Waals surface area contributed by atoms with Crippen LogP contribution in [0.4, 0.5) is 0 Å². The van der Waals surface area contributed by atoms with Crippen LogP contribution in [0.15, 0.2) is 4.99 Å². The predicted octanol–water partition coefficient (Wildman–Crippen LogP) is 2.31. The van der Waals surface area contributed by atoms with Gasteiger partial charge in [-0.3, -0.25) is 14.7 Å². The lowest BCUT2D eigenvalue weighted by Gasteiger charge is -2.44. The number of nitrogens with zero attached hydrogens (tertiary/aromatic N) is 3. The van der Waals surface area contributed by atoms with Crippen molar-refractivity contribution >= 4 is 12.2 Å². The first-order valence-corrected chi connectivity index (χ1v) is 8.74. The number of carbonyl (C=O) groups is 1. The van der Waals surface area contributed by atoms with E-state index in [-0.39, 0.29) is 5.54 Å². The zero-order valence-electron chi connectivity index (χ0n) is 14.4. The number of piperidine rings is 1. The number of aliphatic imine (C=N–C) groups is 1. The lowest BCUT2D eigenvalue weighted by molar-refractivity contribution is -0.114. The van der Waals surface area contributed by atoms with Crippen molar-refractivity contribution in [1.82, 2.24) is 9.80 Å². The van der Waals surface area contributed by atoms with Gasteiger partial charge in [0.2, 0.25) is 6.41 Å². The van der Waals surface area contributed by atoms with E-state index in [1.807, 2.05) is 6.92 Å². The first-order chi connectivity index (χ1) is 10.6. The number of ether oxygens (including phenoxy) is 1. The standard InChI is InChI=1S/C17H31N3O2/c1-4-6-7-16(19(5-2)14-21)18-17(3)8-10-20(11-9-17)15-12-22-13-15/h14-15H,4-13H2,1-3H3. The monoisotopic (exact) mass is 309 g/mol. The fourth-order valence-electron chi connectivity index (χ4n) is 3.14. The number of unbranched alkanes of at least 4 members (excludes halogenated alkanes) is 1. The Hall–Kier alpha value is -0.940. The molecular formula is C17H31N3O2. The minimum Gasteiger partial charge on any atom is -0.378 e. The summed E-state index contributed by atoms with van der Waals surface area (Å²) in [6, 6.07) is 0.621. The van der Waals surface area contributed by atoms with Gasteiger partial charge < -0.3 is 9.64 Å². The van der Waals surface area contributed by atoms with Gasteiger partial charge in [0, 0.05) is 26.1 Å². The molecule has 5 nitrogen and oxygen atoms in total. The van der Waals surface area contributed by atoms with Crippen LogP contribution in [0.3, 0.4) is 0 Å². The summed E-state index contributed by atoms with van der Waals surface area (Å²) in [5.41, 5.74) is -0.0272. The van der Waals surface area contributed by atoms with Crippen molar-refractivity contribution in [1.29, 1.82) is 0 Å². The summed E-state index contributed by atoms with van der Waals surface area (Å²) in [6.07, 6.45) is 6.18. The first kappa shape index (κ1) is 17.4. The Morgan fingerprint density at radius 3 is 2.50 bits per heavy atom. The van der Waals surface area contributed by atoms with E-state index in [1.165, 1.54) is 0 Å². The molecule has 2 rings (SSSR count). The molecule has 0 bridgehead atoms. The maximum atomic E-state index is 11.3. The Bertz CT molecular complexity index is 385. The SMILES string of the molecule is CCCCC(=NC1(C)CCN(C2COC2)CC1)N(C=O)CC. The third kappa shape index (κ3) is 4.29. The molecular weight excluding hydrogens is 278 g/mol. The van der Waals surface area contributed by atoms with Crippen LogP contribution < -0.4 is 0 Å². The average molecular weight is 309 g/mol. The van der Waals surface area contributed by atoms with Crippen LogP contribution in [0.2, 0.25) is 0 Å². The molecule has 2 heterocycles. The van der Waals surface area contributed by atoms with E-state index in [0.29, 0.717) is 12.6 Å². The second kappa shape index (κ2) is 8.06. The van der Waals surface area contributed by atoms with Gasteiger partial charge in [0.25, 0.3) is 0 Å². The van der Waals surface area contributed by atoms with E-state index in [2.05, 4.69) is 18.7 Å². The van der Waals surface area contributed by atoms with Gasteiger partial charge in [0.05, 0.1) is 24.8 Å². The summed E-state index contributed by atoms with van der Waals surface area (Å²) in [6.45, 7) is 11.1. The zero-order valence-corrected chi connectivity index (χ0v) is 14.4. The summed E-state index contributed by atoms with van der Waals surface area (Å²) in [5, 5.41) is 0. The molecule has 126 valence electrons. The van der Waals surface area contributed by atoms with Crippen molar-refractivity contribution in [3.63, 3.8) is 0 Å². The van der Waals surface area contributed by atoms with Gasteiger partial charge in [0.15, 0.2) is 0 Å². The van der Waals surface area contributed by atoms with Crippen LogP contribution in [-0.2, 0) is 9.53 Å². The van der Waals surface area contributed by atoms with Crippen molar-refractivity contribution in [2.24, 2.45) is 4.99 Å². The number of hydrogen-bond donors (Lipinski definition) is 0. The smallest absolute Gasteiger partial charge is 0.215 e. The second-order valence-corrected chi connectivity index (χ2v) is 6.75. The summed E-state index contributed by atoms with van der Waals surface area (Å²) < 4.78 is 5.29. The fraction of sp³-hybridized carbons (Fsp3) is 0.882. The van der Waals surface area contributed by atoms with Gasteiger partial charge in [0.1, 0.15) is 5.84 Å². The van der Waals surface area contributed by atoms with Crippen LogP contribution in [0.1, 0.15) is 52.9 Å². The van der Waals surface area contributed by atoms with Crippen molar-refractivity contribution in [2.45, 2.75) is 64.5 Å². The Kier molecular flexibility index (Phi) is 6.38. The lowest BCUT2D eigenvalue weighted by atomic mass is 9.89. The average Bonchev–Trinajstić information content (AvgIpc) is 2.46. The molecule has 0 atom stereocenters. The first-order valence-electron chi connectivity index (χ1n) is 8.74. The van der Waals surface area contributed by atoms with E-state index < -0.39 is 0 Å². The molecule has 0 aromatic heterocycles. The van der Waals surface area contributed by atoms with Gasteiger partial charge in [-0.1, -0.05) is 13.3 Å². The molecule has 2 fully saturated rings. The van der Waals surface area contributed by atoms with Crippen LogP contribution in [-0.4, -0.2) is 66.5 Å². The summed E-state index contributed by atoms with van der Waals surface area (Å²) in [4.78, 5) is 20.6. The van der Waals surface area contributed by atoms with Gasteiger partial charge in [-0.05, 0) is 33.1 Å². The molecule has 2 aliphatic heterocycles. The number of amides is 1. The zero-order chi connectivity index (χ0) is 16.0. The second-order valence-electron chi connectivity index (χ2n) is 6.75. The minimum absolute atomic E-state index is 0.0272. The van der Waals surface area contributed by atoms with Crippen molar-refractivity contribution in [2.75, 3.05) is 32.8 Å². The molecule has 5 heteroatoms. The largest absolute Gasteiger partial charge is 0.378 e. The molecule has 22 heavy (non-hydrogen) atoms. The number of rotatable bonds is 7. The highest BCUT2D eigenvalue weighted by atomic mass is 16.5. The maximum Gasteiger partial charge on any atom is 0.215 e. The molecule has 0 saturated carbocycles. The third-order valence-electron chi connectivity index (χ3n) is 4.96. The molecule has 0 N–H and O–H groups in total. The highest BCUT2D eigenvalue weighted by Gasteiger charge is 2.35.